The number of halogens is 1. The van der Waals surface area contributed by atoms with Crippen LogP contribution in [0.1, 0.15) is 57.9 Å². The molecule has 2 aliphatic rings. The number of methoxy groups -OCH3 is 1. The Kier molecular flexibility index (Phi) is 6.63. The standard InChI is InChI=1S/C22H31FO5/c1-4-5-10-26-20-14-17(18(23)15-19(20)25-3)13-16(2)21(24)6-8-22(9-7-21)27-11-12-28-22/h13-15,24H,4-12H2,1-3H3/b16-13+. The molecular formula is C22H31FO5. The number of aliphatic hydroxyl groups is 1. The fraction of sp³-hybridized carbons (Fsp3) is 0.636. The van der Waals surface area contributed by atoms with Gasteiger partial charge in [0.2, 0.25) is 0 Å². The highest BCUT2D eigenvalue weighted by molar-refractivity contribution is 5.60. The molecule has 156 valence electrons. The third kappa shape index (κ3) is 4.50. The van der Waals surface area contributed by atoms with E-state index in [9.17, 15) is 9.50 Å². The zero-order chi connectivity index (χ0) is 20.2. The third-order valence-electron chi connectivity index (χ3n) is 5.80. The van der Waals surface area contributed by atoms with Gasteiger partial charge in [0, 0.05) is 24.5 Å². The molecule has 1 N–H and O–H groups in total. The molecule has 3 rings (SSSR count). The first kappa shape index (κ1) is 21.1. The van der Waals surface area contributed by atoms with Crippen LogP contribution in [-0.2, 0) is 9.47 Å². The van der Waals surface area contributed by atoms with Crippen molar-refractivity contribution in [2.24, 2.45) is 0 Å². The maximum Gasteiger partial charge on any atom is 0.168 e. The topological polar surface area (TPSA) is 57.2 Å². The molecule has 0 atom stereocenters. The maximum absolute atomic E-state index is 14.6. The number of hydrogen-bond acceptors (Lipinski definition) is 5. The van der Waals surface area contributed by atoms with Crippen molar-refractivity contribution in [2.75, 3.05) is 26.9 Å². The largest absolute Gasteiger partial charge is 0.493 e. The molecule has 1 aliphatic carbocycles. The molecule has 1 aromatic rings. The molecule has 6 heteroatoms. The highest BCUT2D eigenvalue weighted by Gasteiger charge is 2.46. The summed E-state index contributed by atoms with van der Waals surface area (Å²) in [6, 6.07) is 2.98. The maximum atomic E-state index is 14.6. The van der Waals surface area contributed by atoms with Gasteiger partial charge in [0.05, 0.1) is 32.5 Å². The average Bonchev–Trinajstić information content (AvgIpc) is 3.15. The van der Waals surface area contributed by atoms with E-state index >= 15 is 0 Å². The van der Waals surface area contributed by atoms with Gasteiger partial charge in [-0.15, -0.1) is 0 Å². The highest BCUT2D eigenvalue weighted by Crippen LogP contribution is 2.43. The zero-order valence-corrected chi connectivity index (χ0v) is 17.1. The summed E-state index contributed by atoms with van der Waals surface area (Å²) in [7, 11) is 1.50. The monoisotopic (exact) mass is 394 g/mol. The lowest BCUT2D eigenvalue weighted by Gasteiger charge is -2.41. The number of benzene rings is 1. The fourth-order valence-electron chi connectivity index (χ4n) is 3.85. The van der Waals surface area contributed by atoms with Crippen molar-refractivity contribution in [3.8, 4) is 11.5 Å². The van der Waals surface area contributed by atoms with Gasteiger partial charge in [0.15, 0.2) is 17.3 Å². The molecule has 0 unspecified atom stereocenters. The second kappa shape index (κ2) is 8.80. The molecule has 1 aromatic carbocycles. The van der Waals surface area contributed by atoms with Gasteiger partial charge in [-0.2, -0.15) is 0 Å². The Morgan fingerprint density at radius 3 is 2.46 bits per heavy atom. The van der Waals surface area contributed by atoms with Crippen LogP contribution in [0.25, 0.3) is 6.08 Å². The number of ether oxygens (including phenoxy) is 4. The zero-order valence-electron chi connectivity index (χ0n) is 17.1. The van der Waals surface area contributed by atoms with Gasteiger partial charge >= 0.3 is 0 Å². The first-order chi connectivity index (χ1) is 13.4. The predicted molar refractivity (Wildman–Crippen MR) is 105 cm³/mol. The van der Waals surface area contributed by atoms with Crippen molar-refractivity contribution in [1.29, 1.82) is 0 Å². The average molecular weight is 394 g/mol. The molecule has 1 heterocycles. The summed E-state index contributed by atoms with van der Waals surface area (Å²) < 4.78 is 37.1. The fourth-order valence-corrected chi connectivity index (χ4v) is 3.85. The number of unbranched alkanes of at least 4 members (excludes halogenated alkanes) is 1. The van der Waals surface area contributed by atoms with Gasteiger partial charge in [0.25, 0.3) is 0 Å². The number of rotatable bonds is 7. The van der Waals surface area contributed by atoms with Gasteiger partial charge in [-0.1, -0.05) is 19.4 Å². The van der Waals surface area contributed by atoms with Crippen molar-refractivity contribution >= 4 is 6.08 Å². The van der Waals surface area contributed by atoms with E-state index in [0.717, 1.165) is 18.4 Å². The SMILES string of the molecule is CCCCOc1cc(/C=C(\C)C2(O)CCC3(CC2)OCCO3)c(F)cc1OC. The van der Waals surface area contributed by atoms with Gasteiger partial charge < -0.3 is 24.1 Å². The van der Waals surface area contributed by atoms with Crippen molar-refractivity contribution in [1.82, 2.24) is 0 Å². The van der Waals surface area contributed by atoms with Crippen LogP contribution in [0.15, 0.2) is 17.7 Å². The van der Waals surface area contributed by atoms with Crippen molar-refractivity contribution < 1.29 is 28.4 Å². The van der Waals surface area contributed by atoms with Crippen LogP contribution in [0.5, 0.6) is 11.5 Å². The van der Waals surface area contributed by atoms with E-state index in [1.54, 1.807) is 12.1 Å². The Labute approximate surface area is 166 Å². The van der Waals surface area contributed by atoms with E-state index in [4.69, 9.17) is 18.9 Å². The molecule has 1 aliphatic heterocycles. The Hall–Kier alpha value is -1.63. The summed E-state index contributed by atoms with van der Waals surface area (Å²) in [5.74, 6) is -0.0635. The van der Waals surface area contributed by atoms with E-state index in [1.807, 2.05) is 6.92 Å². The van der Waals surface area contributed by atoms with Crippen molar-refractivity contribution in [2.45, 2.75) is 63.8 Å². The lowest BCUT2D eigenvalue weighted by molar-refractivity contribution is -0.197. The van der Waals surface area contributed by atoms with Gasteiger partial charge in [-0.05, 0) is 37.8 Å². The Morgan fingerprint density at radius 1 is 1.18 bits per heavy atom. The van der Waals surface area contributed by atoms with E-state index in [-0.39, 0.29) is 0 Å². The Bertz CT molecular complexity index is 699. The predicted octanol–water partition coefficient (Wildman–Crippen LogP) is 4.46. The van der Waals surface area contributed by atoms with E-state index in [1.165, 1.54) is 13.2 Å². The molecule has 1 spiro atoms. The van der Waals surface area contributed by atoms with Crippen LogP contribution in [0.3, 0.4) is 0 Å². The van der Waals surface area contributed by atoms with Crippen molar-refractivity contribution in [3.63, 3.8) is 0 Å². The van der Waals surface area contributed by atoms with Crippen LogP contribution in [0.4, 0.5) is 4.39 Å². The van der Waals surface area contributed by atoms with Crippen LogP contribution in [0, 0.1) is 5.82 Å². The third-order valence-corrected chi connectivity index (χ3v) is 5.80. The molecule has 28 heavy (non-hydrogen) atoms. The lowest BCUT2D eigenvalue weighted by Crippen LogP contribution is -2.44. The second-order valence-electron chi connectivity index (χ2n) is 7.69. The minimum Gasteiger partial charge on any atom is -0.493 e. The molecule has 0 amide bonds. The van der Waals surface area contributed by atoms with Crippen molar-refractivity contribution in [3.05, 3.63) is 29.1 Å². The smallest absolute Gasteiger partial charge is 0.168 e. The lowest BCUT2D eigenvalue weighted by atomic mass is 9.76. The van der Waals surface area contributed by atoms with Gasteiger partial charge in [-0.3, -0.25) is 0 Å². The molecule has 2 fully saturated rings. The first-order valence-corrected chi connectivity index (χ1v) is 10.1. The van der Waals surface area contributed by atoms with Gasteiger partial charge in [-0.25, -0.2) is 4.39 Å². The minimum absolute atomic E-state index is 0.372. The van der Waals surface area contributed by atoms with Crippen LogP contribution < -0.4 is 9.47 Å². The molecule has 5 nitrogen and oxygen atoms in total. The summed E-state index contributed by atoms with van der Waals surface area (Å²) in [6.45, 7) is 5.68. The molecule has 1 saturated carbocycles. The first-order valence-electron chi connectivity index (χ1n) is 10.1. The summed E-state index contributed by atoms with van der Waals surface area (Å²) in [5, 5.41) is 11.1. The van der Waals surface area contributed by atoms with E-state index < -0.39 is 17.2 Å². The summed E-state index contributed by atoms with van der Waals surface area (Å²) in [4.78, 5) is 0. The Balaban J connectivity index is 1.78. The second-order valence-corrected chi connectivity index (χ2v) is 7.69. The summed E-state index contributed by atoms with van der Waals surface area (Å²) in [5.41, 5.74) is 0.117. The highest BCUT2D eigenvalue weighted by atomic mass is 19.1. The minimum atomic E-state index is -0.990. The Morgan fingerprint density at radius 2 is 1.86 bits per heavy atom. The molecule has 0 aromatic heterocycles. The van der Waals surface area contributed by atoms with Crippen LogP contribution >= 0.6 is 0 Å². The summed E-state index contributed by atoms with van der Waals surface area (Å²) in [6.07, 6.45) is 5.93. The normalized spacial score (nSPS) is 21.1. The molecule has 1 saturated heterocycles. The molecule has 0 bridgehead atoms. The summed E-state index contributed by atoms with van der Waals surface area (Å²) >= 11 is 0. The van der Waals surface area contributed by atoms with E-state index in [2.05, 4.69) is 6.92 Å². The van der Waals surface area contributed by atoms with E-state index in [0.29, 0.717) is 62.6 Å². The van der Waals surface area contributed by atoms with Crippen LogP contribution in [0.2, 0.25) is 0 Å². The van der Waals surface area contributed by atoms with Crippen LogP contribution in [-0.4, -0.2) is 43.4 Å². The molecular weight excluding hydrogens is 363 g/mol. The molecule has 0 radical (unpaired) electrons. The van der Waals surface area contributed by atoms with Gasteiger partial charge in [0.1, 0.15) is 5.82 Å². The quantitative estimate of drug-likeness (QED) is 0.692. The number of hydrogen-bond donors (Lipinski definition) is 1.